The summed E-state index contributed by atoms with van der Waals surface area (Å²) in [6, 6.07) is 14.9. The Labute approximate surface area is 148 Å². The van der Waals surface area contributed by atoms with Crippen LogP contribution >= 0.6 is 0 Å². The molecule has 2 aromatic rings. The van der Waals surface area contributed by atoms with Crippen molar-refractivity contribution in [2.45, 2.75) is 33.2 Å². The van der Waals surface area contributed by atoms with Crippen LogP contribution in [0.15, 0.2) is 48.5 Å². The molecule has 0 saturated carbocycles. The first-order chi connectivity index (χ1) is 12.0. The lowest BCUT2D eigenvalue weighted by Gasteiger charge is -2.14. The molecule has 0 aliphatic heterocycles. The van der Waals surface area contributed by atoms with Gasteiger partial charge in [0.05, 0.1) is 6.54 Å². The van der Waals surface area contributed by atoms with E-state index in [9.17, 15) is 9.59 Å². The fourth-order valence-corrected chi connectivity index (χ4v) is 2.28. The molecule has 5 nitrogen and oxygen atoms in total. The summed E-state index contributed by atoms with van der Waals surface area (Å²) >= 11 is 0. The molecule has 1 atom stereocenters. The van der Waals surface area contributed by atoms with E-state index in [0.717, 1.165) is 23.4 Å². The van der Waals surface area contributed by atoms with Crippen LogP contribution in [0.25, 0.3) is 0 Å². The molecule has 2 rings (SSSR count). The van der Waals surface area contributed by atoms with Crippen molar-refractivity contribution in [2.24, 2.45) is 0 Å². The van der Waals surface area contributed by atoms with Crippen LogP contribution in [0.2, 0.25) is 0 Å². The number of para-hydroxylation sites is 1. The van der Waals surface area contributed by atoms with Crippen LogP contribution in [0.4, 0.5) is 11.4 Å². The van der Waals surface area contributed by atoms with Gasteiger partial charge in [-0.05, 0) is 50.1 Å². The molecule has 0 fully saturated rings. The average Bonchev–Trinajstić information content (AvgIpc) is 2.61. The maximum absolute atomic E-state index is 12.4. The van der Waals surface area contributed by atoms with Crippen LogP contribution in [-0.4, -0.2) is 24.4 Å². The number of amides is 2. The number of rotatable bonds is 7. The first-order valence-corrected chi connectivity index (χ1v) is 8.50. The number of hydrogen-bond acceptors (Lipinski definition) is 3. The summed E-state index contributed by atoms with van der Waals surface area (Å²) in [4.78, 5) is 24.3. The van der Waals surface area contributed by atoms with Crippen molar-refractivity contribution in [2.75, 3.05) is 17.2 Å². The molecule has 2 aromatic carbocycles. The zero-order valence-electron chi connectivity index (χ0n) is 14.9. The van der Waals surface area contributed by atoms with Crippen LogP contribution in [0.3, 0.4) is 0 Å². The van der Waals surface area contributed by atoms with Crippen molar-refractivity contribution in [3.05, 3.63) is 59.7 Å². The second kappa shape index (κ2) is 8.87. The van der Waals surface area contributed by atoms with Crippen LogP contribution < -0.4 is 16.0 Å². The number of benzene rings is 2. The van der Waals surface area contributed by atoms with Crippen molar-refractivity contribution < 1.29 is 9.59 Å². The lowest BCUT2D eigenvalue weighted by atomic mass is 10.1. The minimum atomic E-state index is -0.182. The van der Waals surface area contributed by atoms with E-state index < -0.39 is 0 Å². The molecular formula is C20H25N3O2. The van der Waals surface area contributed by atoms with Gasteiger partial charge in [0.15, 0.2) is 0 Å². The second-order valence-electron chi connectivity index (χ2n) is 6.08. The Morgan fingerprint density at radius 2 is 1.80 bits per heavy atom. The molecule has 0 unspecified atom stereocenters. The van der Waals surface area contributed by atoms with E-state index in [1.54, 1.807) is 12.1 Å². The summed E-state index contributed by atoms with van der Waals surface area (Å²) in [7, 11) is 0. The number of aryl methyl sites for hydroxylation is 1. The zero-order chi connectivity index (χ0) is 18.2. The van der Waals surface area contributed by atoms with Crippen molar-refractivity contribution >= 4 is 23.2 Å². The maximum Gasteiger partial charge on any atom is 0.255 e. The standard InChI is InChI=1S/C20H25N3O2/c1-4-15(3)22-19(24)13-21-18-12-16(11-10-14(18)2)20(25)23-17-8-6-5-7-9-17/h5-12,15,21H,4,13H2,1-3H3,(H,22,24)(H,23,25)/t15-/m0/s1. The highest BCUT2D eigenvalue weighted by Gasteiger charge is 2.10. The smallest absolute Gasteiger partial charge is 0.255 e. The van der Waals surface area contributed by atoms with Gasteiger partial charge in [0, 0.05) is 23.0 Å². The van der Waals surface area contributed by atoms with Gasteiger partial charge in [-0.25, -0.2) is 0 Å². The van der Waals surface area contributed by atoms with Crippen molar-refractivity contribution in [1.82, 2.24) is 5.32 Å². The summed E-state index contributed by atoms with van der Waals surface area (Å²) in [5.74, 6) is -0.244. The van der Waals surface area contributed by atoms with Gasteiger partial charge >= 0.3 is 0 Å². The molecule has 3 N–H and O–H groups in total. The lowest BCUT2D eigenvalue weighted by Crippen LogP contribution is -2.36. The topological polar surface area (TPSA) is 70.2 Å². The highest BCUT2D eigenvalue weighted by Crippen LogP contribution is 2.18. The number of carbonyl (C=O) groups is 2. The van der Waals surface area contributed by atoms with Crippen molar-refractivity contribution in [1.29, 1.82) is 0 Å². The Kier molecular flexibility index (Phi) is 6.57. The SMILES string of the molecule is CC[C@H](C)NC(=O)CNc1cc(C(=O)Nc2ccccc2)ccc1C. The van der Waals surface area contributed by atoms with Crippen LogP contribution in [0, 0.1) is 6.92 Å². The lowest BCUT2D eigenvalue weighted by molar-refractivity contribution is -0.120. The van der Waals surface area contributed by atoms with Gasteiger partial charge in [-0.2, -0.15) is 0 Å². The Morgan fingerprint density at radius 1 is 1.08 bits per heavy atom. The van der Waals surface area contributed by atoms with Crippen molar-refractivity contribution in [3.63, 3.8) is 0 Å². The third-order valence-electron chi connectivity index (χ3n) is 3.99. The van der Waals surface area contributed by atoms with E-state index in [1.807, 2.05) is 57.2 Å². The van der Waals surface area contributed by atoms with Gasteiger partial charge < -0.3 is 16.0 Å². The molecule has 132 valence electrons. The minimum Gasteiger partial charge on any atom is -0.376 e. The Hall–Kier alpha value is -2.82. The molecule has 0 spiro atoms. The minimum absolute atomic E-state index is 0.0621. The summed E-state index contributed by atoms with van der Waals surface area (Å²) in [6.45, 7) is 6.11. The zero-order valence-corrected chi connectivity index (χ0v) is 14.9. The molecule has 0 aliphatic rings. The molecule has 0 bridgehead atoms. The summed E-state index contributed by atoms with van der Waals surface area (Å²) in [5, 5.41) is 8.88. The third kappa shape index (κ3) is 5.64. The average molecular weight is 339 g/mol. The monoisotopic (exact) mass is 339 g/mol. The van der Waals surface area contributed by atoms with Crippen LogP contribution in [0.5, 0.6) is 0 Å². The Balaban J connectivity index is 2.01. The predicted molar refractivity (Wildman–Crippen MR) is 102 cm³/mol. The normalized spacial score (nSPS) is 11.5. The van der Waals surface area contributed by atoms with Gasteiger partial charge in [-0.1, -0.05) is 31.2 Å². The molecule has 0 heterocycles. The number of anilines is 2. The molecule has 25 heavy (non-hydrogen) atoms. The molecule has 5 heteroatoms. The Morgan fingerprint density at radius 3 is 2.48 bits per heavy atom. The fourth-order valence-electron chi connectivity index (χ4n) is 2.28. The highest BCUT2D eigenvalue weighted by molar-refractivity contribution is 6.05. The van der Waals surface area contributed by atoms with E-state index >= 15 is 0 Å². The molecular weight excluding hydrogens is 314 g/mol. The van der Waals surface area contributed by atoms with E-state index in [2.05, 4.69) is 16.0 Å². The highest BCUT2D eigenvalue weighted by atomic mass is 16.2. The van der Waals surface area contributed by atoms with Gasteiger partial charge in [0.2, 0.25) is 5.91 Å². The molecule has 2 amide bonds. The van der Waals surface area contributed by atoms with E-state index in [-0.39, 0.29) is 24.4 Å². The number of nitrogens with one attached hydrogen (secondary N) is 3. The third-order valence-corrected chi connectivity index (χ3v) is 3.99. The quantitative estimate of drug-likeness (QED) is 0.722. The predicted octanol–water partition coefficient (Wildman–Crippen LogP) is 3.57. The molecule has 0 aliphatic carbocycles. The fraction of sp³-hybridized carbons (Fsp3) is 0.300. The van der Waals surface area contributed by atoms with Gasteiger partial charge in [-0.3, -0.25) is 9.59 Å². The van der Waals surface area contributed by atoms with Crippen LogP contribution in [-0.2, 0) is 4.79 Å². The second-order valence-corrected chi connectivity index (χ2v) is 6.08. The summed E-state index contributed by atoms with van der Waals surface area (Å²) < 4.78 is 0. The summed E-state index contributed by atoms with van der Waals surface area (Å²) in [5.41, 5.74) is 3.04. The van der Waals surface area contributed by atoms with Gasteiger partial charge in [0.25, 0.3) is 5.91 Å². The number of carbonyl (C=O) groups excluding carboxylic acids is 2. The first kappa shape index (κ1) is 18.5. The molecule has 0 radical (unpaired) electrons. The molecule has 0 aromatic heterocycles. The summed E-state index contributed by atoms with van der Waals surface area (Å²) in [6.07, 6.45) is 0.889. The van der Waals surface area contributed by atoms with Gasteiger partial charge in [-0.15, -0.1) is 0 Å². The van der Waals surface area contributed by atoms with E-state index in [0.29, 0.717) is 5.56 Å². The van der Waals surface area contributed by atoms with Crippen LogP contribution in [0.1, 0.15) is 36.2 Å². The van der Waals surface area contributed by atoms with Gasteiger partial charge in [0.1, 0.15) is 0 Å². The van der Waals surface area contributed by atoms with E-state index in [4.69, 9.17) is 0 Å². The van der Waals surface area contributed by atoms with E-state index in [1.165, 1.54) is 0 Å². The Bertz CT molecular complexity index is 729. The maximum atomic E-state index is 12.4. The largest absolute Gasteiger partial charge is 0.376 e. The number of hydrogen-bond donors (Lipinski definition) is 3. The first-order valence-electron chi connectivity index (χ1n) is 8.50. The van der Waals surface area contributed by atoms with Crippen molar-refractivity contribution in [3.8, 4) is 0 Å². The molecule has 0 saturated heterocycles.